The Labute approximate surface area is 130 Å². The van der Waals surface area contributed by atoms with Crippen LogP contribution in [-0.2, 0) is 0 Å². The Morgan fingerprint density at radius 1 is 1.38 bits per heavy atom. The minimum atomic E-state index is 0.227. The molecule has 0 N–H and O–H groups in total. The summed E-state index contributed by atoms with van der Waals surface area (Å²) in [5.74, 6) is 0.743. The maximum absolute atomic E-state index is 12.5. The van der Waals surface area contributed by atoms with Gasteiger partial charge in [0.1, 0.15) is 0 Å². The third kappa shape index (κ3) is 3.27. The van der Waals surface area contributed by atoms with Gasteiger partial charge in [0.25, 0.3) is 0 Å². The van der Waals surface area contributed by atoms with Crippen molar-refractivity contribution in [2.75, 3.05) is 20.1 Å². The average molecular weight is 300 g/mol. The minimum Gasteiger partial charge on any atom is -0.306 e. The lowest BCUT2D eigenvalue weighted by molar-refractivity contribution is 0.0936. The highest BCUT2D eigenvalue weighted by Gasteiger charge is 2.20. The van der Waals surface area contributed by atoms with Crippen LogP contribution in [0.5, 0.6) is 0 Å². The number of carbonyl (C=O) groups excluding carboxylic acids is 1. The van der Waals surface area contributed by atoms with Crippen molar-refractivity contribution in [2.45, 2.75) is 24.2 Å². The zero-order valence-corrected chi connectivity index (χ0v) is 13.1. The average Bonchev–Trinajstić information content (AvgIpc) is 2.49. The fraction of sp³-hybridized carbons (Fsp3) is 0.412. The molecule has 1 aromatic carbocycles. The zero-order chi connectivity index (χ0) is 14.8. The van der Waals surface area contributed by atoms with Crippen molar-refractivity contribution in [1.29, 1.82) is 0 Å². The Bertz CT molecular complexity index is 663. The molecule has 0 atom stereocenters. The normalized spacial score (nSPS) is 17.2. The smallest absolute Gasteiger partial charge is 0.163 e. The molecular weight excluding hydrogens is 280 g/mol. The fourth-order valence-electron chi connectivity index (χ4n) is 2.98. The Morgan fingerprint density at radius 2 is 2.14 bits per heavy atom. The van der Waals surface area contributed by atoms with Gasteiger partial charge in [-0.05, 0) is 57.1 Å². The van der Waals surface area contributed by atoms with Crippen LogP contribution in [-0.4, -0.2) is 35.8 Å². The molecule has 1 aliphatic heterocycles. The number of benzene rings is 1. The standard InChI is InChI=1S/C17H20N2OS/c1-19-7-4-12(5-8-19)9-15(20)14-10-13-3-2-6-18-17(13)16(21)11-14/h2-3,6,10-12,21H,4-5,7-9H2,1H3. The summed E-state index contributed by atoms with van der Waals surface area (Å²) in [6.07, 6.45) is 4.63. The van der Waals surface area contributed by atoms with Crippen molar-refractivity contribution in [1.82, 2.24) is 9.88 Å². The van der Waals surface area contributed by atoms with E-state index in [1.54, 1.807) is 6.20 Å². The molecular formula is C17H20N2OS. The molecule has 0 unspecified atom stereocenters. The van der Waals surface area contributed by atoms with Crippen molar-refractivity contribution in [3.05, 3.63) is 36.0 Å². The van der Waals surface area contributed by atoms with Crippen LogP contribution < -0.4 is 0 Å². The van der Waals surface area contributed by atoms with Gasteiger partial charge in [0.05, 0.1) is 5.52 Å². The van der Waals surface area contributed by atoms with E-state index in [-0.39, 0.29) is 5.78 Å². The van der Waals surface area contributed by atoms with E-state index >= 15 is 0 Å². The van der Waals surface area contributed by atoms with Gasteiger partial charge in [-0.2, -0.15) is 0 Å². The fourth-order valence-corrected chi connectivity index (χ4v) is 3.31. The summed E-state index contributed by atoms with van der Waals surface area (Å²) in [7, 11) is 2.14. The lowest BCUT2D eigenvalue weighted by Crippen LogP contribution is -2.31. The Kier molecular flexibility index (Phi) is 4.27. The first-order valence-corrected chi connectivity index (χ1v) is 7.87. The molecule has 0 amide bonds. The van der Waals surface area contributed by atoms with E-state index in [0.717, 1.165) is 47.3 Å². The van der Waals surface area contributed by atoms with Gasteiger partial charge in [-0.1, -0.05) is 6.07 Å². The van der Waals surface area contributed by atoms with Gasteiger partial charge in [0.15, 0.2) is 5.78 Å². The molecule has 0 bridgehead atoms. The first-order chi connectivity index (χ1) is 10.1. The second-order valence-corrected chi connectivity index (χ2v) is 6.43. The van der Waals surface area contributed by atoms with Crippen LogP contribution in [0, 0.1) is 5.92 Å². The van der Waals surface area contributed by atoms with Crippen LogP contribution >= 0.6 is 12.6 Å². The number of likely N-dealkylation sites (tertiary alicyclic amines) is 1. The lowest BCUT2D eigenvalue weighted by atomic mass is 9.90. The Balaban J connectivity index is 1.78. The lowest BCUT2D eigenvalue weighted by Gasteiger charge is -2.28. The molecule has 0 saturated carbocycles. The molecule has 21 heavy (non-hydrogen) atoms. The van der Waals surface area contributed by atoms with E-state index in [9.17, 15) is 4.79 Å². The number of fused-ring (bicyclic) bond motifs is 1. The Morgan fingerprint density at radius 3 is 2.90 bits per heavy atom. The number of hydrogen-bond donors (Lipinski definition) is 1. The molecule has 1 aliphatic rings. The minimum absolute atomic E-state index is 0.227. The Hall–Kier alpha value is -1.39. The van der Waals surface area contributed by atoms with Crippen molar-refractivity contribution < 1.29 is 4.79 Å². The number of nitrogens with zero attached hydrogens (tertiary/aromatic N) is 2. The highest BCUT2D eigenvalue weighted by atomic mass is 32.1. The number of hydrogen-bond acceptors (Lipinski definition) is 4. The monoisotopic (exact) mass is 300 g/mol. The first-order valence-electron chi connectivity index (χ1n) is 7.43. The molecule has 3 nitrogen and oxygen atoms in total. The molecule has 0 spiro atoms. The second kappa shape index (κ2) is 6.16. The number of piperidine rings is 1. The van der Waals surface area contributed by atoms with Crippen LogP contribution in [0.25, 0.3) is 10.9 Å². The molecule has 2 heterocycles. The predicted octanol–water partition coefficient (Wildman–Crippen LogP) is 3.44. The second-order valence-electron chi connectivity index (χ2n) is 5.94. The summed E-state index contributed by atoms with van der Waals surface area (Å²) in [5.41, 5.74) is 1.62. The SMILES string of the molecule is CN1CCC(CC(=O)c2cc(S)c3ncccc3c2)CC1. The van der Waals surface area contributed by atoms with E-state index < -0.39 is 0 Å². The summed E-state index contributed by atoms with van der Waals surface area (Å²) < 4.78 is 0. The highest BCUT2D eigenvalue weighted by molar-refractivity contribution is 7.80. The van der Waals surface area contributed by atoms with E-state index in [4.69, 9.17) is 0 Å². The summed E-state index contributed by atoms with van der Waals surface area (Å²) in [4.78, 5) is 19.9. The molecule has 4 heteroatoms. The van der Waals surface area contributed by atoms with Crippen molar-refractivity contribution in [3.8, 4) is 0 Å². The van der Waals surface area contributed by atoms with Crippen LogP contribution in [0.1, 0.15) is 29.6 Å². The number of pyridine rings is 1. The first kappa shape index (κ1) is 14.5. The summed E-state index contributed by atoms with van der Waals surface area (Å²) in [6.45, 7) is 2.19. The number of aromatic nitrogens is 1. The number of rotatable bonds is 3. The third-order valence-electron chi connectivity index (χ3n) is 4.32. The number of Topliss-reactive ketones (excluding diaryl/α,β-unsaturated/α-hetero) is 1. The highest BCUT2D eigenvalue weighted by Crippen LogP contribution is 2.26. The molecule has 1 saturated heterocycles. The van der Waals surface area contributed by atoms with E-state index in [0.29, 0.717) is 12.3 Å². The van der Waals surface area contributed by atoms with Gasteiger partial charge in [0.2, 0.25) is 0 Å². The van der Waals surface area contributed by atoms with Gasteiger partial charge in [-0.15, -0.1) is 12.6 Å². The third-order valence-corrected chi connectivity index (χ3v) is 4.66. The molecule has 110 valence electrons. The quantitative estimate of drug-likeness (QED) is 0.696. The van der Waals surface area contributed by atoms with Crippen LogP contribution in [0.3, 0.4) is 0 Å². The molecule has 0 aliphatic carbocycles. The molecule has 0 radical (unpaired) electrons. The maximum atomic E-state index is 12.5. The van der Waals surface area contributed by atoms with E-state index in [1.165, 1.54) is 0 Å². The molecule has 2 aromatic rings. The summed E-state index contributed by atoms with van der Waals surface area (Å²) >= 11 is 4.47. The largest absolute Gasteiger partial charge is 0.306 e. The topological polar surface area (TPSA) is 33.2 Å². The molecule has 1 aromatic heterocycles. The summed E-state index contributed by atoms with van der Waals surface area (Å²) in [6, 6.07) is 7.67. The van der Waals surface area contributed by atoms with E-state index in [1.807, 2.05) is 24.3 Å². The summed E-state index contributed by atoms with van der Waals surface area (Å²) in [5, 5.41) is 0.983. The van der Waals surface area contributed by atoms with Crippen LogP contribution in [0.4, 0.5) is 0 Å². The zero-order valence-electron chi connectivity index (χ0n) is 12.2. The maximum Gasteiger partial charge on any atom is 0.163 e. The number of thiol groups is 1. The molecule has 3 rings (SSSR count). The predicted molar refractivity (Wildman–Crippen MR) is 88.2 cm³/mol. The van der Waals surface area contributed by atoms with Gasteiger partial charge in [0, 0.05) is 28.5 Å². The van der Waals surface area contributed by atoms with Crippen molar-refractivity contribution >= 4 is 29.3 Å². The van der Waals surface area contributed by atoms with Crippen molar-refractivity contribution in [3.63, 3.8) is 0 Å². The number of carbonyl (C=O) groups is 1. The van der Waals surface area contributed by atoms with E-state index in [2.05, 4.69) is 29.6 Å². The van der Waals surface area contributed by atoms with Crippen LogP contribution in [0.2, 0.25) is 0 Å². The van der Waals surface area contributed by atoms with Gasteiger partial charge < -0.3 is 4.90 Å². The van der Waals surface area contributed by atoms with Gasteiger partial charge in [-0.25, -0.2) is 0 Å². The number of ketones is 1. The van der Waals surface area contributed by atoms with Crippen molar-refractivity contribution in [2.24, 2.45) is 5.92 Å². The van der Waals surface area contributed by atoms with Gasteiger partial charge >= 0.3 is 0 Å². The van der Waals surface area contributed by atoms with Crippen LogP contribution in [0.15, 0.2) is 35.4 Å². The van der Waals surface area contributed by atoms with Gasteiger partial charge in [-0.3, -0.25) is 9.78 Å². The molecule has 1 fully saturated rings.